The van der Waals surface area contributed by atoms with Gasteiger partial charge in [-0.05, 0) is 5.92 Å². The van der Waals surface area contributed by atoms with E-state index in [0.29, 0.717) is 26.2 Å². The van der Waals surface area contributed by atoms with Crippen molar-refractivity contribution in [1.29, 1.82) is 5.26 Å². The van der Waals surface area contributed by atoms with E-state index in [9.17, 15) is 13.2 Å². The molecule has 1 atom stereocenters. The summed E-state index contributed by atoms with van der Waals surface area (Å²) in [6.45, 7) is 4.99. The summed E-state index contributed by atoms with van der Waals surface area (Å²) in [6.07, 6.45) is 1.16. The molecule has 6 nitrogen and oxygen atoms in total. The monoisotopic (exact) mass is 273 g/mol. The minimum Gasteiger partial charge on any atom is -0.339 e. The quantitative estimate of drug-likeness (QED) is 0.718. The van der Waals surface area contributed by atoms with E-state index in [-0.39, 0.29) is 11.8 Å². The minimum atomic E-state index is -3.19. The lowest BCUT2D eigenvalue weighted by atomic mass is 9.96. The van der Waals surface area contributed by atoms with Crippen molar-refractivity contribution in [2.75, 3.05) is 32.4 Å². The number of rotatable bonds is 3. The molecule has 0 N–H and O–H groups in total. The molecule has 0 saturated carbocycles. The summed E-state index contributed by atoms with van der Waals surface area (Å²) in [5.41, 5.74) is 0. The van der Waals surface area contributed by atoms with Gasteiger partial charge >= 0.3 is 0 Å². The van der Waals surface area contributed by atoms with Crippen molar-refractivity contribution in [2.24, 2.45) is 11.8 Å². The molecule has 1 unspecified atom stereocenters. The Morgan fingerprint density at radius 1 is 1.22 bits per heavy atom. The second-order valence-corrected chi connectivity index (χ2v) is 6.82. The van der Waals surface area contributed by atoms with Gasteiger partial charge in [-0.25, -0.2) is 8.42 Å². The molecule has 0 aromatic carbocycles. The highest BCUT2D eigenvalue weighted by Crippen LogP contribution is 2.15. The first-order valence-electron chi connectivity index (χ1n) is 5.91. The molecular formula is C11H19N3O3S. The Morgan fingerprint density at radius 2 is 1.72 bits per heavy atom. The van der Waals surface area contributed by atoms with Gasteiger partial charge in [-0.2, -0.15) is 9.57 Å². The SMILES string of the molecule is CC(C)C(C#N)C(=O)N1CCN(S(C)(=O)=O)CC1. The fraction of sp³-hybridized carbons (Fsp3) is 0.818. The number of carbonyl (C=O) groups excluding carboxylic acids is 1. The fourth-order valence-corrected chi connectivity index (χ4v) is 2.75. The van der Waals surface area contributed by atoms with E-state index < -0.39 is 15.9 Å². The normalized spacial score (nSPS) is 19.6. The summed E-state index contributed by atoms with van der Waals surface area (Å²) >= 11 is 0. The van der Waals surface area contributed by atoms with E-state index in [0.717, 1.165) is 6.26 Å². The Morgan fingerprint density at radius 3 is 2.06 bits per heavy atom. The summed E-state index contributed by atoms with van der Waals surface area (Å²) in [6, 6.07) is 2.02. The molecule has 7 heteroatoms. The predicted molar refractivity (Wildman–Crippen MR) is 66.9 cm³/mol. The third-order valence-corrected chi connectivity index (χ3v) is 4.39. The van der Waals surface area contributed by atoms with E-state index in [1.165, 1.54) is 4.31 Å². The van der Waals surface area contributed by atoms with Gasteiger partial charge in [0.1, 0.15) is 5.92 Å². The molecule has 1 aliphatic heterocycles. The van der Waals surface area contributed by atoms with E-state index in [4.69, 9.17) is 5.26 Å². The number of carbonyl (C=O) groups is 1. The molecule has 18 heavy (non-hydrogen) atoms. The average Bonchev–Trinajstić information content (AvgIpc) is 2.28. The molecule has 0 aromatic rings. The van der Waals surface area contributed by atoms with Crippen molar-refractivity contribution in [2.45, 2.75) is 13.8 Å². The summed E-state index contributed by atoms with van der Waals surface area (Å²) in [7, 11) is -3.19. The van der Waals surface area contributed by atoms with Crippen LogP contribution >= 0.6 is 0 Å². The minimum absolute atomic E-state index is 0.0320. The predicted octanol–water partition coefficient (Wildman–Crippen LogP) is -0.114. The average molecular weight is 273 g/mol. The number of piperazine rings is 1. The molecule has 1 amide bonds. The first-order valence-corrected chi connectivity index (χ1v) is 7.75. The maximum atomic E-state index is 12.1. The Kier molecular flexibility index (Phi) is 4.71. The van der Waals surface area contributed by atoms with Gasteiger partial charge in [-0.1, -0.05) is 13.8 Å². The molecular weight excluding hydrogens is 254 g/mol. The van der Waals surface area contributed by atoms with Crippen LogP contribution in [-0.4, -0.2) is 56.0 Å². The third kappa shape index (κ3) is 3.43. The standard InChI is InChI=1S/C11H19N3O3S/c1-9(2)10(8-12)11(15)13-4-6-14(7-5-13)18(3,16)17/h9-10H,4-7H2,1-3H3. The van der Waals surface area contributed by atoms with Gasteiger partial charge in [0.25, 0.3) is 0 Å². The molecule has 1 aliphatic rings. The van der Waals surface area contributed by atoms with Gasteiger partial charge in [0.15, 0.2) is 0 Å². The molecule has 1 saturated heterocycles. The third-order valence-electron chi connectivity index (χ3n) is 3.09. The molecule has 1 fully saturated rings. The highest BCUT2D eigenvalue weighted by Gasteiger charge is 2.31. The zero-order chi connectivity index (χ0) is 13.9. The van der Waals surface area contributed by atoms with Crippen LogP contribution in [0.4, 0.5) is 0 Å². The number of hydrogen-bond acceptors (Lipinski definition) is 4. The topological polar surface area (TPSA) is 81.5 Å². The Hall–Kier alpha value is -1.13. The second-order valence-electron chi connectivity index (χ2n) is 4.84. The molecule has 0 radical (unpaired) electrons. The number of sulfonamides is 1. The van der Waals surface area contributed by atoms with Crippen molar-refractivity contribution in [3.05, 3.63) is 0 Å². The maximum Gasteiger partial charge on any atom is 0.240 e. The Labute approximate surface area is 108 Å². The van der Waals surface area contributed by atoms with Crippen LogP contribution < -0.4 is 0 Å². The first-order chi connectivity index (χ1) is 8.27. The van der Waals surface area contributed by atoms with E-state index in [2.05, 4.69) is 0 Å². The molecule has 0 bridgehead atoms. The van der Waals surface area contributed by atoms with Crippen LogP contribution in [0.1, 0.15) is 13.8 Å². The lowest BCUT2D eigenvalue weighted by molar-refractivity contribution is -0.136. The van der Waals surface area contributed by atoms with Crippen molar-refractivity contribution >= 4 is 15.9 Å². The highest BCUT2D eigenvalue weighted by atomic mass is 32.2. The number of nitrogens with zero attached hydrogens (tertiary/aromatic N) is 3. The molecule has 0 aliphatic carbocycles. The Bertz CT molecular complexity index is 445. The van der Waals surface area contributed by atoms with Crippen molar-refractivity contribution in [1.82, 2.24) is 9.21 Å². The molecule has 1 rings (SSSR count). The summed E-state index contributed by atoms with van der Waals surface area (Å²) in [4.78, 5) is 13.6. The van der Waals surface area contributed by atoms with E-state index in [1.54, 1.807) is 4.90 Å². The lowest BCUT2D eigenvalue weighted by Gasteiger charge is -2.34. The largest absolute Gasteiger partial charge is 0.339 e. The van der Waals surface area contributed by atoms with Crippen LogP contribution in [0.25, 0.3) is 0 Å². The fourth-order valence-electron chi connectivity index (χ4n) is 1.93. The highest BCUT2D eigenvalue weighted by molar-refractivity contribution is 7.88. The second kappa shape index (κ2) is 5.67. The van der Waals surface area contributed by atoms with Gasteiger partial charge in [-0.3, -0.25) is 4.79 Å². The summed E-state index contributed by atoms with van der Waals surface area (Å²) in [5, 5.41) is 8.97. The number of amides is 1. The van der Waals surface area contributed by atoms with E-state index in [1.807, 2.05) is 19.9 Å². The van der Waals surface area contributed by atoms with Gasteiger partial charge in [0, 0.05) is 26.2 Å². The van der Waals surface area contributed by atoms with Crippen LogP contribution in [-0.2, 0) is 14.8 Å². The smallest absolute Gasteiger partial charge is 0.240 e. The van der Waals surface area contributed by atoms with Crippen LogP contribution in [0, 0.1) is 23.2 Å². The maximum absolute atomic E-state index is 12.1. The van der Waals surface area contributed by atoms with Gasteiger partial charge in [0.05, 0.1) is 12.3 Å². The van der Waals surface area contributed by atoms with E-state index >= 15 is 0 Å². The van der Waals surface area contributed by atoms with Crippen molar-refractivity contribution < 1.29 is 13.2 Å². The molecule has 102 valence electrons. The molecule has 1 heterocycles. The molecule has 0 spiro atoms. The van der Waals surface area contributed by atoms with Crippen molar-refractivity contribution in [3.8, 4) is 6.07 Å². The zero-order valence-corrected chi connectivity index (χ0v) is 11.8. The number of nitriles is 1. The van der Waals surface area contributed by atoms with Crippen LogP contribution in [0.3, 0.4) is 0 Å². The van der Waals surface area contributed by atoms with Gasteiger partial charge in [0.2, 0.25) is 15.9 Å². The first kappa shape index (κ1) is 14.9. The van der Waals surface area contributed by atoms with Gasteiger partial charge < -0.3 is 4.90 Å². The summed E-state index contributed by atoms with van der Waals surface area (Å²) < 4.78 is 24.0. The Balaban J connectivity index is 2.64. The van der Waals surface area contributed by atoms with Gasteiger partial charge in [-0.15, -0.1) is 0 Å². The van der Waals surface area contributed by atoms with Crippen molar-refractivity contribution in [3.63, 3.8) is 0 Å². The summed E-state index contributed by atoms with van der Waals surface area (Å²) in [5.74, 6) is -0.870. The van der Waals surface area contributed by atoms with Crippen LogP contribution in [0.2, 0.25) is 0 Å². The van der Waals surface area contributed by atoms with Crippen LogP contribution in [0.15, 0.2) is 0 Å². The number of hydrogen-bond donors (Lipinski definition) is 0. The molecule has 0 aromatic heterocycles. The lowest BCUT2D eigenvalue weighted by Crippen LogP contribution is -2.52. The van der Waals surface area contributed by atoms with Crippen LogP contribution in [0.5, 0.6) is 0 Å². The zero-order valence-electron chi connectivity index (χ0n) is 11.0.